The van der Waals surface area contributed by atoms with Crippen LogP contribution in [-0.4, -0.2) is 30.7 Å². The van der Waals surface area contributed by atoms with Gasteiger partial charge in [-0.25, -0.2) is 4.79 Å². The normalized spacial score (nSPS) is 10.4. The summed E-state index contributed by atoms with van der Waals surface area (Å²) in [5.74, 6) is -1.15. The van der Waals surface area contributed by atoms with Gasteiger partial charge in [-0.15, -0.1) is 0 Å². The van der Waals surface area contributed by atoms with Crippen molar-refractivity contribution >= 4 is 17.6 Å². The third-order valence-corrected chi connectivity index (χ3v) is 3.75. The summed E-state index contributed by atoms with van der Waals surface area (Å²) in [6, 6.07) is 14.3. The molecule has 0 saturated heterocycles. The second kappa shape index (κ2) is 8.26. The molecule has 2 aromatic carbocycles. The summed E-state index contributed by atoms with van der Waals surface area (Å²) in [6.45, 7) is 2.29. The van der Waals surface area contributed by atoms with Gasteiger partial charge in [0.25, 0.3) is 5.91 Å². The molecule has 0 aliphatic rings. The van der Waals surface area contributed by atoms with E-state index in [0.29, 0.717) is 6.54 Å². The number of hydrogen-bond donors (Lipinski definition) is 1. The van der Waals surface area contributed by atoms with Crippen molar-refractivity contribution in [1.82, 2.24) is 0 Å². The maximum Gasteiger partial charge on any atom is 0.335 e. The number of carbonyl (C=O) groups excluding carboxylic acids is 1. The number of nitrogens with zero attached hydrogens (tertiary/aromatic N) is 1. The molecular formula is C19H21NO4. The second-order valence-electron chi connectivity index (χ2n) is 5.40. The first-order valence-corrected chi connectivity index (χ1v) is 7.76. The lowest BCUT2D eigenvalue weighted by molar-refractivity contribution is -0.122. The average molecular weight is 327 g/mol. The van der Waals surface area contributed by atoms with E-state index in [9.17, 15) is 9.59 Å². The smallest absolute Gasteiger partial charge is 0.335 e. The number of rotatable bonds is 7. The van der Waals surface area contributed by atoms with Crippen LogP contribution >= 0.6 is 0 Å². The first-order chi connectivity index (χ1) is 11.6. The number of carboxylic acids is 1. The molecule has 0 aliphatic heterocycles. The topological polar surface area (TPSA) is 66.8 Å². The molecule has 0 saturated carbocycles. The van der Waals surface area contributed by atoms with Crippen LogP contribution in [-0.2, 0) is 22.5 Å². The third kappa shape index (κ3) is 4.20. The van der Waals surface area contributed by atoms with Crippen molar-refractivity contribution in [3.05, 3.63) is 65.2 Å². The third-order valence-electron chi connectivity index (χ3n) is 3.75. The highest BCUT2D eigenvalue weighted by molar-refractivity contribution is 5.95. The predicted octanol–water partition coefficient (Wildman–Crippen LogP) is 3.13. The Morgan fingerprint density at radius 2 is 1.88 bits per heavy atom. The average Bonchev–Trinajstić information content (AvgIpc) is 2.60. The number of amides is 1. The minimum Gasteiger partial charge on any atom is -0.478 e. The van der Waals surface area contributed by atoms with Gasteiger partial charge in [-0.2, -0.15) is 0 Å². The van der Waals surface area contributed by atoms with Crippen LogP contribution in [0, 0.1) is 0 Å². The van der Waals surface area contributed by atoms with Gasteiger partial charge in [-0.3, -0.25) is 4.79 Å². The number of hydrogen-bond acceptors (Lipinski definition) is 3. The predicted molar refractivity (Wildman–Crippen MR) is 92.3 cm³/mol. The number of para-hydroxylation sites is 1. The maximum absolute atomic E-state index is 12.5. The van der Waals surface area contributed by atoms with Gasteiger partial charge in [0, 0.05) is 12.8 Å². The van der Waals surface area contributed by atoms with Gasteiger partial charge < -0.3 is 14.7 Å². The Bertz CT molecular complexity index is 727. The second-order valence-corrected chi connectivity index (χ2v) is 5.40. The van der Waals surface area contributed by atoms with E-state index in [1.807, 2.05) is 37.3 Å². The fraction of sp³-hybridized carbons (Fsp3) is 0.263. The van der Waals surface area contributed by atoms with Crippen molar-refractivity contribution in [1.29, 1.82) is 0 Å². The van der Waals surface area contributed by atoms with Crippen LogP contribution in [0.2, 0.25) is 0 Å². The van der Waals surface area contributed by atoms with Crippen LogP contribution in [0.5, 0.6) is 0 Å². The van der Waals surface area contributed by atoms with Gasteiger partial charge in [-0.05, 0) is 35.7 Å². The molecule has 0 atom stereocenters. The molecule has 1 amide bonds. The van der Waals surface area contributed by atoms with E-state index in [1.165, 1.54) is 13.2 Å². The molecule has 2 rings (SSSR count). The molecule has 0 radical (unpaired) electrons. The highest BCUT2D eigenvalue weighted by Gasteiger charge is 2.19. The van der Waals surface area contributed by atoms with Gasteiger partial charge in [-0.1, -0.05) is 37.3 Å². The molecule has 0 aromatic heterocycles. The monoisotopic (exact) mass is 327 g/mol. The van der Waals surface area contributed by atoms with Crippen molar-refractivity contribution in [3.8, 4) is 0 Å². The summed E-state index contributed by atoms with van der Waals surface area (Å²) >= 11 is 0. The standard InChI is InChI=1S/C19H21NO4/c1-3-15-8-4-5-10-17(15)20(18(21)13-24-2)12-14-7-6-9-16(11-14)19(22)23/h4-11H,3,12-13H2,1-2H3,(H,22,23). The van der Waals surface area contributed by atoms with Gasteiger partial charge in [0.1, 0.15) is 6.61 Å². The van der Waals surface area contributed by atoms with E-state index in [-0.39, 0.29) is 18.1 Å². The van der Waals surface area contributed by atoms with Gasteiger partial charge in [0.05, 0.1) is 12.1 Å². The highest BCUT2D eigenvalue weighted by atomic mass is 16.5. The fourth-order valence-electron chi connectivity index (χ4n) is 2.57. The number of ether oxygens (including phenoxy) is 1. The van der Waals surface area contributed by atoms with Crippen molar-refractivity contribution in [3.63, 3.8) is 0 Å². The number of benzene rings is 2. The van der Waals surface area contributed by atoms with Crippen LogP contribution in [0.4, 0.5) is 5.69 Å². The number of carbonyl (C=O) groups is 2. The number of aryl methyl sites for hydroxylation is 1. The Hall–Kier alpha value is -2.66. The van der Waals surface area contributed by atoms with E-state index in [1.54, 1.807) is 17.0 Å². The first kappa shape index (κ1) is 17.7. The summed E-state index contributed by atoms with van der Waals surface area (Å²) in [5, 5.41) is 9.14. The summed E-state index contributed by atoms with van der Waals surface area (Å²) in [7, 11) is 1.48. The Balaban J connectivity index is 2.38. The molecule has 1 N–H and O–H groups in total. The van der Waals surface area contributed by atoms with E-state index in [0.717, 1.165) is 23.2 Å². The van der Waals surface area contributed by atoms with Crippen molar-refractivity contribution in [2.75, 3.05) is 18.6 Å². The molecule has 0 bridgehead atoms. The molecule has 5 nitrogen and oxygen atoms in total. The lowest BCUT2D eigenvalue weighted by Crippen LogP contribution is -2.34. The molecule has 0 spiro atoms. The first-order valence-electron chi connectivity index (χ1n) is 7.76. The number of methoxy groups -OCH3 is 1. The van der Waals surface area contributed by atoms with E-state index < -0.39 is 5.97 Å². The van der Waals surface area contributed by atoms with Crippen LogP contribution in [0.3, 0.4) is 0 Å². The number of anilines is 1. The van der Waals surface area contributed by atoms with Crippen LogP contribution in [0.15, 0.2) is 48.5 Å². The van der Waals surface area contributed by atoms with Crippen LogP contribution < -0.4 is 4.90 Å². The Kier molecular flexibility index (Phi) is 6.09. The summed E-state index contributed by atoms with van der Waals surface area (Å²) < 4.78 is 4.99. The molecule has 5 heteroatoms. The summed E-state index contributed by atoms with van der Waals surface area (Å²) in [5.41, 5.74) is 2.83. The zero-order valence-corrected chi connectivity index (χ0v) is 13.9. The molecule has 0 aliphatic carbocycles. The van der Waals surface area contributed by atoms with Crippen molar-refractivity contribution in [2.45, 2.75) is 19.9 Å². The van der Waals surface area contributed by atoms with E-state index in [4.69, 9.17) is 9.84 Å². The summed E-state index contributed by atoms with van der Waals surface area (Å²) in [6.07, 6.45) is 0.794. The summed E-state index contributed by atoms with van der Waals surface area (Å²) in [4.78, 5) is 25.3. The molecule has 0 heterocycles. The van der Waals surface area contributed by atoms with Crippen molar-refractivity contribution in [2.24, 2.45) is 0 Å². The lowest BCUT2D eigenvalue weighted by Gasteiger charge is -2.25. The van der Waals surface area contributed by atoms with Crippen molar-refractivity contribution < 1.29 is 19.4 Å². The molecule has 24 heavy (non-hydrogen) atoms. The van der Waals surface area contributed by atoms with Crippen LogP contribution in [0.1, 0.15) is 28.4 Å². The molecular weight excluding hydrogens is 306 g/mol. The van der Waals surface area contributed by atoms with Gasteiger partial charge in [0.15, 0.2) is 0 Å². The maximum atomic E-state index is 12.5. The van der Waals surface area contributed by atoms with Gasteiger partial charge in [0.2, 0.25) is 0 Å². The molecule has 0 fully saturated rings. The minimum atomic E-state index is -0.986. The Morgan fingerprint density at radius 1 is 1.12 bits per heavy atom. The highest BCUT2D eigenvalue weighted by Crippen LogP contribution is 2.23. The van der Waals surface area contributed by atoms with Gasteiger partial charge >= 0.3 is 5.97 Å². The number of carboxylic acid groups (broad SMARTS) is 1. The quantitative estimate of drug-likeness (QED) is 0.848. The van der Waals surface area contributed by atoms with E-state index >= 15 is 0 Å². The Labute approximate surface area is 141 Å². The molecule has 0 unspecified atom stereocenters. The SMILES string of the molecule is CCc1ccccc1N(Cc1cccc(C(=O)O)c1)C(=O)COC. The van der Waals surface area contributed by atoms with Crippen LogP contribution in [0.25, 0.3) is 0 Å². The van der Waals surface area contributed by atoms with E-state index in [2.05, 4.69) is 0 Å². The zero-order valence-electron chi connectivity index (χ0n) is 13.9. The number of aromatic carboxylic acids is 1. The Morgan fingerprint density at radius 3 is 2.54 bits per heavy atom. The largest absolute Gasteiger partial charge is 0.478 e. The molecule has 2 aromatic rings. The lowest BCUT2D eigenvalue weighted by atomic mass is 10.1. The minimum absolute atomic E-state index is 0.0311. The fourth-order valence-corrected chi connectivity index (χ4v) is 2.57. The molecule has 126 valence electrons. The zero-order chi connectivity index (χ0) is 17.5.